The summed E-state index contributed by atoms with van der Waals surface area (Å²) in [4.78, 5) is 32.2. The molecule has 12 heteroatoms. The van der Waals surface area contributed by atoms with Crippen LogP contribution in [-0.2, 0) is 13.8 Å². The standard InChI is InChI=1S/C14H19N6O5P/c1-4-8-5-9(6-24-26(21,22)23)25-13(8)20-7-16-10-11(19(2)3)17-14(15)18-12(10)20/h1,7-9,13H,5-6H2,2-3H3,(H2,15,17,18)(H2,21,22,23)/t8-,9-,13+/m0/s1. The van der Waals surface area contributed by atoms with Crippen LogP contribution in [0.25, 0.3) is 11.2 Å². The Morgan fingerprint density at radius 1 is 1.54 bits per heavy atom. The van der Waals surface area contributed by atoms with Crippen molar-refractivity contribution in [3.05, 3.63) is 6.33 Å². The Labute approximate surface area is 149 Å². The highest BCUT2D eigenvalue weighted by atomic mass is 31.2. The fraction of sp³-hybridized carbons (Fsp3) is 0.500. The second-order valence-corrected chi connectivity index (χ2v) is 7.31. The average Bonchev–Trinajstić information content (AvgIpc) is 3.14. The van der Waals surface area contributed by atoms with E-state index in [0.717, 1.165) is 0 Å². The van der Waals surface area contributed by atoms with Crippen LogP contribution in [0, 0.1) is 18.3 Å². The molecule has 1 aliphatic rings. The van der Waals surface area contributed by atoms with Gasteiger partial charge < -0.3 is 25.2 Å². The summed E-state index contributed by atoms with van der Waals surface area (Å²) in [5, 5.41) is 0. The Bertz CT molecular complexity index is 903. The number of nitrogen functional groups attached to an aromatic ring is 1. The Morgan fingerprint density at radius 3 is 2.88 bits per heavy atom. The first-order valence-corrected chi connectivity index (χ1v) is 9.21. The summed E-state index contributed by atoms with van der Waals surface area (Å²) in [7, 11) is -0.960. The molecule has 0 spiro atoms. The zero-order chi connectivity index (χ0) is 19.1. The van der Waals surface area contributed by atoms with Crippen LogP contribution in [0.4, 0.5) is 11.8 Å². The van der Waals surface area contributed by atoms with Crippen molar-refractivity contribution in [2.24, 2.45) is 5.92 Å². The molecular weight excluding hydrogens is 363 g/mol. The lowest BCUT2D eigenvalue weighted by Gasteiger charge is -2.18. The lowest BCUT2D eigenvalue weighted by molar-refractivity contribution is -0.0259. The van der Waals surface area contributed by atoms with E-state index in [4.69, 9.17) is 26.7 Å². The van der Waals surface area contributed by atoms with Crippen LogP contribution in [0.1, 0.15) is 12.6 Å². The largest absolute Gasteiger partial charge is 0.469 e. The predicted molar refractivity (Wildman–Crippen MR) is 92.9 cm³/mol. The number of terminal acetylenes is 1. The molecule has 2 aromatic rings. The number of phosphoric acid groups is 1. The number of nitrogens with zero attached hydrogens (tertiary/aromatic N) is 5. The van der Waals surface area contributed by atoms with Gasteiger partial charge in [-0.25, -0.2) is 9.55 Å². The van der Waals surface area contributed by atoms with Gasteiger partial charge in [-0.1, -0.05) is 5.92 Å². The highest BCUT2D eigenvalue weighted by Gasteiger charge is 2.37. The average molecular weight is 382 g/mol. The van der Waals surface area contributed by atoms with E-state index in [2.05, 4.69) is 25.4 Å². The number of ether oxygens (including phenoxy) is 1. The van der Waals surface area contributed by atoms with Gasteiger partial charge in [-0.15, -0.1) is 6.42 Å². The number of hydrogen-bond donors (Lipinski definition) is 3. The van der Waals surface area contributed by atoms with E-state index < -0.39 is 20.2 Å². The maximum atomic E-state index is 10.9. The smallest absolute Gasteiger partial charge is 0.368 e. The maximum absolute atomic E-state index is 10.9. The monoisotopic (exact) mass is 382 g/mol. The number of imidazole rings is 1. The SMILES string of the molecule is C#C[C@H]1C[C@@H](COP(=O)(O)O)O[C@H]1n1cnc2c(N(C)C)nc(N)nc21. The van der Waals surface area contributed by atoms with Crippen LogP contribution in [0.3, 0.4) is 0 Å². The number of fused-ring (bicyclic) bond motifs is 1. The number of rotatable bonds is 5. The van der Waals surface area contributed by atoms with Crippen molar-refractivity contribution >= 4 is 30.8 Å². The van der Waals surface area contributed by atoms with E-state index in [0.29, 0.717) is 23.4 Å². The molecule has 0 saturated carbocycles. The van der Waals surface area contributed by atoms with E-state index in [1.165, 1.54) is 6.33 Å². The molecular formula is C14H19N6O5P. The minimum Gasteiger partial charge on any atom is -0.368 e. The molecule has 0 unspecified atom stereocenters. The molecule has 0 aromatic carbocycles. The van der Waals surface area contributed by atoms with Crippen molar-refractivity contribution in [3.63, 3.8) is 0 Å². The van der Waals surface area contributed by atoms with Gasteiger partial charge in [0.05, 0.1) is 25.0 Å². The van der Waals surface area contributed by atoms with Crippen LogP contribution >= 0.6 is 7.82 Å². The molecule has 3 atom stereocenters. The van der Waals surface area contributed by atoms with E-state index in [9.17, 15) is 4.57 Å². The van der Waals surface area contributed by atoms with Crippen LogP contribution in [0.2, 0.25) is 0 Å². The lowest BCUT2D eigenvalue weighted by Crippen LogP contribution is -2.18. The van der Waals surface area contributed by atoms with Crippen LogP contribution in [-0.4, -0.2) is 56.1 Å². The molecule has 2 aromatic heterocycles. The number of anilines is 2. The number of hydrogen-bond acceptors (Lipinski definition) is 8. The maximum Gasteiger partial charge on any atom is 0.469 e. The van der Waals surface area contributed by atoms with Crippen molar-refractivity contribution < 1.29 is 23.6 Å². The minimum atomic E-state index is -4.58. The van der Waals surface area contributed by atoms with Crippen LogP contribution in [0.5, 0.6) is 0 Å². The third-order valence-electron chi connectivity index (χ3n) is 3.95. The van der Waals surface area contributed by atoms with Gasteiger partial charge in [-0.05, 0) is 6.42 Å². The van der Waals surface area contributed by atoms with Gasteiger partial charge in [-0.3, -0.25) is 9.09 Å². The molecule has 1 saturated heterocycles. The molecule has 140 valence electrons. The Morgan fingerprint density at radius 2 is 2.27 bits per heavy atom. The second-order valence-electron chi connectivity index (χ2n) is 6.07. The van der Waals surface area contributed by atoms with Crippen molar-refractivity contribution in [1.29, 1.82) is 0 Å². The fourth-order valence-corrected chi connectivity index (χ4v) is 3.22. The molecule has 26 heavy (non-hydrogen) atoms. The molecule has 0 bridgehead atoms. The topological polar surface area (TPSA) is 149 Å². The molecule has 0 aliphatic carbocycles. The Kier molecular flexibility index (Phi) is 4.88. The summed E-state index contributed by atoms with van der Waals surface area (Å²) >= 11 is 0. The Balaban J connectivity index is 1.93. The van der Waals surface area contributed by atoms with Crippen LogP contribution in [0.15, 0.2) is 6.33 Å². The highest BCUT2D eigenvalue weighted by Crippen LogP contribution is 2.40. The molecule has 0 radical (unpaired) electrons. The third-order valence-corrected chi connectivity index (χ3v) is 4.44. The highest BCUT2D eigenvalue weighted by molar-refractivity contribution is 7.46. The Hall–Kier alpha value is -2.22. The summed E-state index contributed by atoms with van der Waals surface area (Å²) in [6, 6.07) is 0. The first kappa shape index (κ1) is 18.6. The number of aromatic nitrogens is 4. The zero-order valence-corrected chi connectivity index (χ0v) is 15.1. The van der Waals surface area contributed by atoms with Crippen molar-refractivity contribution in [2.45, 2.75) is 18.8 Å². The normalized spacial score (nSPS) is 23.3. The first-order chi connectivity index (χ1) is 12.2. The van der Waals surface area contributed by atoms with Gasteiger partial charge in [0.2, 0.25) is 5.95 Å². The minimum absolute atomic E-state index is 0.0830. The van der Waals surface area contributed by atoms with Gasteiger partial charge in [-0.2, -0.15) is 9.97 Å². The van der Waals surface area contributed by atoms with E-state index in [1.54, 1.807) is 9.47 Å². The summed E-state index contributed by atoms with van der Waals surface area (Å²) in [6.07, 6.45) is 6.33. The van der Waals surface area contributed by atoms with Gasteiger partial charge in [0.15, 0.2) is 23.2 Å². The third kappa shape index (κ3) is 3.65. The lowest BCUT2D eigenvalue weighted by atomic mass is 10.0. The molecule has 3 heterocycles. The van der Waals surface area contributed by atoms with Gasteiger partial charge in [0.1, 0.15) is 0 Å². The molecule has 3 rings (SSSR count). The number of phosphoric ester groups is 1. The first-order valence-electron chi connectivity index (χ1n) is 7.68. The zero-order valence-electron chi connectivity index (χ0n) is 14.2. The predicted octanol–water partition coefficient (Wildman–Crippen LogP) is 0.121. The van der Waals surface area contributed by atoms with E-state index in [1.807, 2.05) is 14.1 Å². The summed E-state index contributed by atoms with van der Waals surface area (Å²) in [6.45, 7) is -0.272. The van der Waals surface area contributed by atoms with E-state index in [-0.39, 0.29) is 18.5 Å². The van der Waals surface area contributed by atoms with Crippen LogP contribution < -0.4 is 10.6 Å². The van der Waals surface area contributed by atoms with E-state index >= 15 is 0 Å². The number of nitrogens with two attached hydrogens (primary N) is 1. The fourth-order valence-electron chi connectivity index (χ4n) is 2.86. The van der Waals surface area contributed by atoms with Gasteiger partial charge in [0, 0.05) is 14.1 Å². The summed E-state index contributed by atoms with van der Waals surface area (Å²) in [5.74, 6) is 2.93. The van der Waals surface area contributed by atoms with Crippen molar-refractivity contribution in [1.82, 2.24) is 19.5 Å². The molecule has 1 aliphatic heterocycles. The quantitative estimate of drug-likeness (QED) is 0.481. The summed E-state index contributed by atoms with van der Waals surface area (Å²) in [5.41, 5.74) is 6.80. The van der Waals surface area contributed by atoms with Crippen molar-refractivity contribution in [3.8, 4) is 12.3 Å². The summed E-state index contributed by atoms with van der Waals surface area (Å²) < 4.78 is 22.9. The van der Waals surface area contributed by atoms with Crippen molar-refractivity contribution in [2.75, 3.05) is 31.3 Å². The molecule has 1 fully saturated rings. The second kappa shape index (κ2) is 6.83. The molecule has 0 amide bonds. The molecule has 4 N–H and O–H groups in total. The van der Waals surface area contributed by atoms with Gasteiger partial charge in [0.25, 0.3) is 0 Å². The van der Waals surface area contributed by atoms with Gasteiger partial charge >= 0.3 is 7.82 Å². The molecule has 11 nitrogen and oxygen atoms in total.